The topological polar surface area (TPSA) is 81.0 Å². The summed E-state index contributed by atoms with van der Waals surface area (Å²) in [5.74, 6) is -0.0752. The molecule has 3 aromatic rings. The fraction of sp³-hybridized carbons (Fsp3) is 0.167. The minimum atomic E-state index is -0.279. The van der Waals surface area contributed by atoms with Gasteiger partial charge in [-0.1, -0.05) is 35.9 Å². The number of carbonyl (C=O) groups excluding carboxylic acids is 2. The summed E-state index contributed by atoms with van der Waals surface area (Å²) in [5.41, 5.74) is 1.88. The maximum atomic E-state index is 12.3. The molecule has 2 heterocycles. The van der Waals surface area contributed by atoms with E-state index in [1.54, 1.807) is 36.4 Å². The highest BCUT2D eigenvalue weighted by Gasteiger charge is 2.34. The van der Waals surface area contributed by atoms with E-state index in [0.717, 1.165) is 5.56 Å². The zero-order chi connectivity index (χ0) is 18.1. The van der Waals surface area contributed by atoms with Crippen molar-refractivity contribution in [2.45, 2.75) is 13.0 Å². The zero-order valence-electron chi connectivity index (χ0n) is 13.7. The molecular formula is C18H14ClN5O2. The molecule has 0 N–H and O–H groups in total. The molecule has 0 aliphatic carbocycles. The molecule has 1 aromatic heterocycles. The molecular weight excluding hydrogens is 354 g/mol. The maximum absolute atomic E-state index is 12.3. The number of carbonyl (C=O) groups is 2. The van der Waals surface area contributed by atoms with E-state index in [0.29, 0.717) is 34.9 Å². The number of fused-ring (bicyclic) bond motifs is 1. The van der Waals surface area contributed by atoms with Crippen molar-refractivity contribution in [1.82, 2.24) is 25.1 Å². The standard InChI is InChI=1S/C18H14ClN5O2/c19-13-7-5-12(6-8-13)11-24-21-16(20-22-24)9-10-23-17(25)14-3-1-2-4-15(14)18(23)26/h1-8H,9-11H2. The molecule has 1 aliphatic heterocycles. The number of imide groups is 1. The second-order valence-corrected chi connectivity index (χ2v) is 6.36. The van der Waals surface area contributed by atoms with Gasteiger partial charge in [0.05, 0.1) is 17.7 Å². The highest BCUT2D eigenvalue weighted by Crippen LogP contribution is 2.22. The largest absolute Gasteiger partial charge is 0.274 e. The fourth-order valence-corrected chi connectivity index (χ4v) is 2.98. The van der Waals surface area contributed by atoms with E-state index in [9.17, 15) is 9.59 Å². The van der Waals surface area contributed by atoms with Gasteiger partial charge in [-0.15, -0.1) is 10.2 Å². The number of tetrazole rings is 1. The smallest absolute Gasteiger partial charge is 0.261 e. The fourth-order valence-electron chi connectivity index (χ4n) is 2.85. The minimum Gasteiger partial charge on any atom is -0.274 e. The predicted octanol–water partition coefficient (Wildman–Crippen LogP) is 2.21. The molecule has 7 nitrogen and oxygen atoms in total. The van der Waals surface area contributed by atoms with Crippen molar-refractivity contribution in [1.29, 1.82) is 0 Å². The highest BCUT2D eigenvalue weighted by atomic mass is 35.5. The summed E-state index contributed by atoms with van der Waals surface area (Å²) < 4.78 is 0. The van der Waals surface area contributed by atoms with Crippen LogP contribution in [0, 0.1) is 0 Å². The molecule has 2 aromatic carbocycles. The van der Waals surface area contributed by atoms with Crippen molar-refractivity contribution in [2.75, 3.05) is 6.54 Å². The van der Waals surface area contributed by atoms with Gasteiger partial charge >= 0.3 is 0 Å². The molecule has 0 saturated heterocycles. The second-order valence-electron chi connectivity index (χ2n) is 5.92. The van der Waals surface area contributed by atoms with Crippen LogP contribution in [-0.4, -0.2) is 43.5 Å². The van der Waals surface area contributed by atoms with E-state index in [1.807, 2.05) is 12.1 Å². The van der Waals surface area contributed by atoms with Crippen molar-refractivity contribution in [3.8, 4) is 0 Å². The Morgan fingerprint density at radius 1 is 0.923 bits per heavy atom. The number of halogens is 1. The van der Waals surface area contributed by atoms with Gasteiger partial charge in [0.15, 0.2) is 5.82 Å². The number of hydrogen-bond donors (Lipinski definition) is 0. The lowest BCUT2D eigenvalue weighted by atomic mass is 10.1. The lowest BCUT2D eigenvalue weighted by Gasteiger charge is -2.11. The van der Waals surface area contributed by atoms with Crippen molar-refractivity contribution >= 4 is 23.4 Å². The van der Waals surface area contributed by atoms with Gasteiger partial charge in [-0.25, -0.2) is 0 Å². The van der Waals surface area contributed by atoms with Crippen LogP contribution in [0.2, 0.25) is 5.02 Å². The Morgan fingerprint density at radius 3 is 2.23 bits per heavy atom. The lowest BCUT2D eigenvalue weighted by Crippen LogP contribution is -2.32. The Morgan fingerprint density at radius 2 is 1.58 bits per heavy atom. The Hall–Kier alpha value is -3.06. The van der Waals surface area contributed by atoms with Crippen LogP contribution in [0.1, 0.15) is 32.1 Å². The van der Waals surface area contributed by atoms with Gasteiger partial charge in [0.25, 0.3) is 11.8 Å². The average Bonchev–Trinajstić information content (AvgIpc) is 3.19. The third-order valence-corrected chi connectivity index (χ3v) is 4.42. The van der Waals surface area contributed by atoms with E-state index in [4.69, 9.17) is 11.6 Å². The van der Waals surface area contributed by atoms with Gasteiger partial charge in [0.1, 0.15) is 0 Å². The molecule has 0 atom stereocenters. The van der Waals surface area contributed by atoms with Crippen molar-refractivity contribution in [3.05, 3.63) is 76.1 Å². The lowest BCUT2D eigenvalue weighted by molar-refractivity contribution is 0.0655. The molecule has 130 valence electrons. The van der Waals surface area contributed by atoms with Gasteiger partial charge in [0, 0.05) is 18.0 Å². The van der Waals surface area contributed by atoms with E-state index >= 15 is 0 Å². The third kappa shape index (κ3) is 3.09. The summed E-state index contributed by atoms with van der Waals surface area (Å²) in [5, 5.41) is 13.0. The van der Waals surface area contributed by atoms with Crippen LogP contribution in [0.3, 0.4) is 0 Å². The first-order valence-corrected chi connectivity index (χ1v) is 8.46. The Bertz CT molecular complexity index is 948. The number of rotatable bonds is 5. The zero-order valence-corrected chi connectivity index (χ0v) is 14.4. The summed E-state index contributed by atoms with van der Waals surface area (Å²) in [6, 6.07) is 14.2. The normalized spacial score (nSPS) is 13.3. The minimum absolute atomic E-state index is 0.221. The molecule has 26 heavy (non-hydrogen) atoms. The van der Waals surface area contributed by atoms with Crippen LogP contribution in [0.5, 0.6) is 0 Å². The van der Waals surface area contributed by atoms with Gasteiger partial charge in [-0.05, 0) is 35.0 Å². The van der Waals surface area contributed by atoms with E-state index in [1.165, 1.54) is 9.70 Å². The van der Waals surface area contributed by atoms with E-state index in [2.05, 4.69) is 15.4 Å². The summed E-state index contributed by atoms with van der Waals surface area (Å²) in [4.78, 5) is 27.4. The predicted molar refractivity (Wildman–Crippen MR) is 93.9 cm³/mol. The van der Waals surface area contributed by atoms with Gasteiger partial charge in [-0.3, -0.25) is 14.5 Å². The van der Waals surface area contributed by atoms with Crippen LogP contribution < -0.4 is 0 Å². The number of hydrogen-bond acceptors (Lipinski definition) is 5. The Balaban J connectivity index is 1.40. The second kappa shape index (κ2) is 6.68. The molecule has 8 heteroatoms. The maximum Gasteiger partial charge on any atom is 0.261 e. The van der Waals surface area contributed by atoms with Crippen molar-refractivity contribution < 1.29 is 9.59 Å². The van der Waals surface area contributed by atoms with Crippen molar-refractivity contribution in [3.63, 3.8) is 0 Å². The Labute approximate surface area is 154 Å². The number of nitrogens with zero attached hydrogens (tertiary/aromatic N) is 5. The average molecular weight is 368 g/mol. The highest BCUT2D eigenvalue weighted by molar-refractivity contribution is 6.30. The molecule has 4 rings (SSSR count). The summed E-state index contributed by atoms with van der Waals surface area (Å²) in [6.07, 6.45) is 0.353. The van der Waals surface area contributed by atoms with Gasteiger partial charge in [-0.2, -0.15) is 4.80 Å². The number of amides is 2. The van der Waals surface area contributed by atoms with Crippen LogP contribution in [0.25, 0.3) is 0 Å². The molecule has 0 unspecified atom stereocenters. The SMILES string of the molecule is O=C1c2ccccc2C(=O)N1CCc1nnn(Cc2ccc(Cl)cc2)n1. The molecule has 0 fully saturated rings. The van der Waals surface area contributed by atoms with Crippen LogP contribution >= 0.6 is 11.6 Å². The third-order valence-electron chi connectivity index (χ3n) is 4.17. The quantitative estimate of drug-likeness (QED) is 0.646. The van der Waals surface area contributed by atoms with Crippen LogP contribution in [0.4, 0.5) is 0 Å². The van der Waals surface area contributed by atoms with Crippen LogP contribution in [-0.2, 0) is 13.0 Å². The summed E-state index contributed by atoms with van der Waals surface area (Å²) in [6.45, 7) is 0.691. The van der Waals surface area contributed by atoms with E-state index in [-0.39, 0.29) is 18.4 Å². The number of aromatic nitrogens is 4. The summed E-state index contributed by atoms with van der Waals surface area (Å²) >= 11 is 5.87. The van der Waals surface area contributed by atoms with Crippen LogP contribution in [0.15, 0.2) is 48.5 Å². The first-order valence-electron chi connectivity index (χ1n) is 8.08. The van der Waals surface area contributed by atoms with Gasteiger partial charge in [0.2, 0.25) is 0 Å². The number of benzene rings is 2. The molecule has 0 spiro atoms. The van der Waals surface area contributed by atoms with Crippen molar-refractivity contribution in [2.24, 2.45) is 0 Å². The monoisotopic (exact) mass is 367 g/mol. The molecule has 2 amide bonds. The first-order chi connectivity index (χ1) is 12.6. The molecule has 0 saturated carbocycles. The van der Waals surface area contributed by atoms with Gasteiger partial charge < -0.3 is 0 Å². The molecule has 0 bridgehead atoms. The van der Waals surface area contributed by atoms with E-state index < -0.39 is 0 Å². The summed E-state index contributed by atoms with van der Waals surface area (Å²) in [7, 11) is 0. The molecule has 0 radical (unpaired) electrons. The molecule has 1 aliphatic rings. The first kappa shape index (κ1) is 16.4. The Kier molecular flexibility index (Phi) is 4.22.